The van der Waals surface area contributed by atoms with E-state index in [1.807, 2.05) is 30.5 Å². The molecule has 0 saturated heterocycles. The number of carboxylic acid groups (broad SMARTS) is 1. The van der Waals surface area contributed by atoms with Gasteiger partial charge in [0.2, 0.25) is 0 Å². The molecule has 1 aromatic heterocycles. The van der Waals surface area contributed by atoms with Crippen molar-refractivity contribution in [2.75, 3.05) is 5.75 Å². The van der Waals surface area contributed by atoms with Gasteiger partial charge in [-0.25, -0.2) is 4.98 Å². The number of carboxylic acids is 1. The fourth-order valence-corrected chi connectivity index (χ4v) is 2.77. The lowest BCUT2D eigenvalue weighted by Crippen LogP contribution is -2.05. The van der Waals surface area contributed by atoms with E-state index in [-0.39, 0.29) is 11.8 Å². The van der Waals surface area contributed by atoms with Crippen molar-refractivity contribution in [2.45, 2.75) is 25.0 Å². The lowest BCUT2D eigenvalue weighted by Gasteiger charge is -2.11. The summed E-state index contributed by atoms with van der Waals surface area (Å²) in [6, 6.07) is 7.68. The van der Waals surface area contributed by atoms with Gasteiger partial charge in [-0.15, -0.1) is 0 Å². The van der Waals surface area contributed by atoms with Gasteiger partial charge in [0.05, 0.1) is 16.8 Å². The number of para-hydroxylation sites is 1. The van der Waals surface area contributed by atoms with Crippen molar-refractivity contribution in [2.24, 2.45) is 0 Å². The summed E-state index contributed by atoms with van der Waals surface area (Å²) in [4.78, 5) is 15.1. The lowest BCUT2D eigenvalue weighted by molar-refractivity contribution is -0.133. The van der Waals surface area contributed by atoms with Crippen LogP contribution in [0.3, 0.4) is 0 Å². The van der Waals surface area contributed by atoms with Crippen molar-refractivity contribution in [1.29, 1.82) is 5.26 Å². The second kappa shape index (κ2) is 5.33. The van der Waals surface area contributed by atoms with Gasteiger partial charge in [-0.2, -0.15) is 5.26 Å². The van der Waals surface area contributed by atoms with Crippen molar-refractivity contribution in [3.8, 4) is 6.07 Å². The van der Waals surface area contributed by atoms with Crippen LogP contribution in [0.1, 0.15) is 25.5 Å². The molecule has 0 fully saturated rings. The third-order valence-electron chi connectivity index (χ3n) is 2.65. The second-order valence-electron chi connectivity index (χ2n) is 4.33. The molecule has 0 unspecified atom stereocenters. The molecule has 6 heteroatoms. The molecule has 0 aliphatic rings. The van der Waals surface area contributed by atoms with E-state index >= 15 is 0 Å². The first kappa shape index (κ1) is 13.4. The molecule has 0 amide bonds. The van der Waals surface area contributed by atoms with E-state index in [0.29, 0.717) is 16.2 Å². The van der Waals surface area contributed by atoms with Gasteiger partial charge >= 0.3 is 5.97 Å². The molecule has 1 aromatic carbocycles. The van der Waals surface area contributed by atoms with E-state index in [1.165, 1.54) is 11.8 Å². The van der Waals surface area contributed by atoms with E-state index < -0.39 is 5.97 Å². The highest BCUT2D eigenvalue weighted by atomic mass is 32.2. The number of imidazole rings is 1. The first-order valence-corrected chi connectivity index (χ1v) is 6.78. The molecule has 0 aliphatic carbocycles. The quantitative estimate of drug-likeness (QED) is 0.868. The van der Waals surface area contributed by atoms with Crippen LogP contribution in [0.15, 0.2) is 23.4 Å². The second-order valence-corrected chi connectivity index (χ2v) is 5.27. The van der Waals surface area contributed by atoms with Crippen LogP contribution in [0.2, 0.25) is 0 Å². The molecule has 2 aromatic rings. The SMILES string of the molecule is CC(C)n1c(SCC(=O)O)nc2c(C#N)cccc21. The van der Waals surface area contributed by atoms with Crippen LogP contribution in [0.5, 0.6) is 0 Å². The molecule has 5 nitrogen and oxygen atoms in total. The topological polar surface area (TPSA) is 78.9 Å². The third-order valence-corrected chi connectivity index (χ3v) is 3.59. The first-order valence-electron chi connectivity index (χ1n) is 5.80. The zero-order chi connectivity index (χ0) is 14.0. The lowest BCUT2D eigenvalue weighted by atomic mass is 10.2. The Hall–Kier alpha value is -2.00. The minimum absolute atomic E-state index is 0.0437. The monoisotopic (exact) mass is 275 g/mol. The number of hydrogen-bond acceptors (Lipinski definition) is 4. The minimum atomic E-state index is -0.882. The average Bonchev–Trinajstić information content (AvgIpc) is 2.74. The molecule has 0 atom stereocenters. The summed E-state index contributed by atoms with van der Waals surface area (Å²) in [5.41, 5.74) is 2.00. The summed E-state index contributed by atoms with van der Waals surface area (Å²) >= 11 is 1.17. The highest BCUT2D eigenvalue weighted by Crippen LogP contribution is 2.29. The predicted molar refractivity (Wildman–Crippen MR) is 73.2 cm³/mol. The summed E-state index contributed by atoms with van der Waals surface area (Å²) in [5, 5.41) is 18.5. The van der Waals surface area contributed by atoms with Crippen molar-refractivity contribution in [3.63, 3.8) is 0 Å². The molecule has 0 bridgehead atoms. The van der Waals surface area contributed by atoms with Crippen LogP contribution in [-0.4, -0.2) is 26.4 Å². The Labute approximate surface area is 114 Å². The Morgan fingerprint density at radius 3 is 2.89 bits per heavy atom. The summed E-state index contributed by atoms with van der Waals surface area (Å²) in [6.45, 7) is 4.01. The molecule has 0 aliphatic heterocycles. The number of nitriles is 1. The molecule has 1 heterocycles. The Bertz CT molecular complexity index is 670. The van der Waals surface area contributed by atoms with Crippen LogP contribution in [0.4, 0.5) is 0 Å². The average molecular weight is 275 g/mol. The zero-order valence-electron chi connectivity index (χ0n) is 10.6. The Balaban J connectivity index is 2.60. The highest BCUT2D eigenvalue weighted by Gasteiger charge is 2.16. The number of rotatable bonds is 4. The smallest absolute Gasteiger partial charge is 0.313 e. The Morgan fingerprint density at radius 1 is 1.58 bits per heavy atom. The number of hydrogen-bond donors (Lipinski definition) is 1. The van der Waals surface area contributed by atoms with Gasteiger partial charge < -0.3 is 9.67 Å². The summed E-state index contributed by atoms with van der Waals surface area (Å²) in [5.74, 6) is -0.925. The van der Waals surface area contributed by atoms with Gasteiger partial charge in [-0.3, -0.25) is 4.79 Å². The van der Waals surface area contributed by atoms with E-state index in [9.17, 15) is 4.79 Å². The van der Waals surface area contributed by atoms with Gasteiger partial charge in [0.1, 0.15) is 11.6 Å². The first-order chi connectivity index (χ1) is 9.04. The van der Waals surface area contributed by atoms with Crippen LogP contribution in [-0.2, 0) is 4.79 Å². The summed E-state index contributed by atoms with van der Waals surface area (Å²) < 4.78 is 1.96. The number of aromatic nitrogens is 2. The molecule has 0 spiro atoms. The molecular weight excluding hydrogens is 262 g/mol. The van der Waals surface area contributed by atoms with Crippen LogP contribution >= 0.6 is 11.8 Å². The largest absolute Gasteiger partial charge is 0.481 e. The molecule has 98 valence electrons. The highest BCUT2D eigenvalue weighted by molar-refractivity contribution is 7.99. The molecule has 0 saturated carbocycles. The van der Waals surface area contributed by atoms with E-state index in [0.717, 1.165) is 5.52 Å². The van der Waals surface area contributed by atoms with Gasteiger partial charge in [0.25, 0.3) is 0 Å². The fraction of sp³-hybridized carbons (Fsp3) is 0.308. The number of fused-ring (bicyclic) bond motifs is 1. The summed E-state index contributed by atoms with van der Waals surface area (Å²) in [7, 11) is 0. The molecule has 19 heavy (non-hydrogen) atoms. The van der Waals surface area contributed by atoms with Crippen LogP contribution in [0.25, 0.3) is 11.0 Å². The van der Waals surface area contributed by atoms with Crippen molar-refractivity contribution >= 4 is 28.8 Å². The predicted octanol–water partition coefficient (Wildman–Crippen LogP) is 2.67. The zero-order valence-corrected chi connectivity index (χ0v) is 11.4. The van der Waals surface area contributed by atoms with Crippen molar-refractivity contribution in [3.05, 3.63) is 23.8 Å². The van der Waals surface area contributed by atoms with E-state index in [4.69, 9.17) is 10.4 Å². The van der Waals surface area contributed by atoms with Gasteiger partial charge in [-0.1, -0.05) is 17.8 Å². The van der Waals surface area contributed by atoms with Crippen molar-refractivity contribution in [1.82, 2.24) is 9.55 Å². The maximum atomic E-state index is 10.7. The van der Waals surface area contributed by atoms with Crippen LogP contribution < -0.4 is 0 Å². The standard InChI is InChI=1S/C13H13N3O2S/c1-8(2)16-10-5-3-4-9(6-14)12(10)15-13(16)19-7-11(17)18/h3-5,8H,7H2,1-2H3,(H,17,18). The Kier molecular flexibility index (Phi) is 3.76. The fourth-order valence-electron chi connectivity index (χ4n) is 1.91. The van der Waals surface area contributed by atoms with Gasteiger partial charge in [-0.05, 0) is 26.0 Å². The third kappa shape index (κ3) is 2.56. The number of benzene rings is 1. The normalized spacial score (nSPS) is 10.8. The maximum Gasteiger partial charge on any atom is 0.313 e. The maximum absolute atomic E-state index is 10.7. The number of aliphatic carboxylic acids is 1. The Morgan fingerprint density at radius 2 is 2.32 bits per heavy atom. The molecule has 0 radical (unpaired) electrons. The van der Waals surface area contributed by atoms with Gasteiger partial charge in [0.15, 0.2) is 5.16 Å². The van der Waals surface area contributed by atoms with Crippen molar-refractivity contribution < 1.29 is 9.90 Å². The molecule has 1 N–H and O–H groups in total. The molecule has 2 rings (SSSR count). The number of thioether (sulfide) groups is 1. The van der Waals surface area contributed by atoms with Gasteiger partial charge in [0, 0.05) is 6.04 Å². The number of carbonyl (C=O) groups is 1. The van der Waals surface area contributed by atoms with E-state index in [1.54, 1.807) is 6.07 Å². The minimum Gasteiger partial charge on any atom is -0.481 e. The van der Waals surface area contributed by atoms with E-state index in [2.05, 4.69) is 11.1 Å². The van der Waals surface area contributed by atoms with Crippen LogP contribution in [0, 0.1) is 11.3 Å². The molecular formula is C13H13N3O2S. The number of nitrogens with zero attached hydrogens (tertiary/aromatic N) is 3. The summed E-state index contributed by atoms with van der Waals surface area (Å²) in [6.07, 6.45) is 0.